The predicted molar refractivity (Wildman–Crippen MR) is 150 cm³/mol. The highest BCUT2D eigenvalue weighted by molar-refractivity contribution is 8.00. The van der Waals surface area contributed by atoms with Gasteiger partial charge in [0.15, 0.2) is 6.61 Å². The Labute approximate surface area is 224 Å². The van der Waals surface area contributed by atoms with Crippen LogP contribution in [0.5, 0.6) is 5.75 Å². The Kier molecular flexibility index (Phi) is 8.62. The summed E-state index contributed by atoms with van der Waals surface area (Å²) >= 11 is 2.71. The van der Waals surface area contributed by atoms with Crippen LogP contribution in [0.25, 0.3) is 11.1 Å². The first-order chi connectivity index (χ1) is 17.9. The summed E-state index contributed by atoms with van der Waals surface area (Å²) in [6, 6.07) is 26.6. The molecule has 1 aromatic heterocycles. The topological polar surface area (TPSA) is 91.2 Å². The molecule has 0 fully saturated rings. The van der Waals surface area contributed by atoms with Gasteiger partial charge in [0.25, 0.3) is 5.91 Å². The minimum absolute atomic E-state index is 0.104. The Hall–Kier alpha value is -4.06. The largest absolute Gasteiger partial charge is 0.484 e. The maximum absolute atomic E-state index is 12.9. The molecule has 4 rings (SSSR count). The van der Waals surface area contributed by atoms with Crippen LogP contribution in [0.3, 0.4) is 0 Å². The van der Waals surface area contributed by atoms with Crippen molar-refractivity contribution in [1.29, 1.82) is 5.26 Å². The van der Waals surface area contributed by atoms with Crippen LogP contribution >= 0.6 is 23.1 Å². The Bertz CT molecular complexity index is 1430. The number of carbonyl (C=O) groups excluding carboxylic acids is 2. The van der Waals surface area contributed by atoms with Crippen molar-refractivity contribution >= 4 is 45.6 Å². The van der Waals surface area contributed by atoms with Gasteiger partial charge in [-0.05, 0) is 49.7 Å². The smallest absolute Gasteiger partial charge is 0.262 e. The van der Waals surface area contributed by atoms with Crippen molar-refractivity contribution in [3.8, 4) is 22.9 Å². The van der Waals surface area contributed by atoms with Gasteiger partial charge in [-0.15, -0.1) is 23.1 Å². The van der Waals surface area contributed by atoms with Crippen LogP contribution in [-0.4, -0.2) is 23.7 Å². The van der Waals surface area contributed by atoms with Crippen molar-refractivity contribution in [2.45, 2.75) is 24.0 Å². The summed E-state index contributed by atoms with van der Waals surface area (Å²) in [6.07, 6.45) is 0. The van der Waals surface area contributed by atoms with Gasteiger partial charge in [-0.25, -0.2) is 0 Å². The van der Waals surface area contributed by atoms with Gasteiger partial charge in [-0.1, -0.05) is 54.1 Å². The van der Waals surface area contributed by atoms with Crippen molar-refractivity contribution in [1.82, 2.24) is 0 Å². The summed E-state index contributed by atoms with van der Waals surface area (Å²) in [5, 5.41) is 17.5. The van der Waals surface area contributed by atoms with Crippen LogP contribution in [-0.2, 0) is 9.59 Å². The molecule has 1 unspecified atom stereocenters. The summed E-state index contributed by atoms with van der Waals surface area (Å²) < 4.78 is 5.48. The molecule has 0 bridgehead atoms. The van der Waals surface area contributed by atoms with Gasteiger partial charge in [0.05, 0.1) is 10.8 Å². The van der Waals surface area contributed by atoms with Crippen LogP contribution in [0.1, 0.15) is 18.1 Å². The summed E-state index contributed by atoms with van der Waals surface area (Å²) in [6.45, 7) is 3.71. The van der Waals surface area contributed by atoms with Crippen LogP contribution < -0.4 is 15.4 Å². The van der Waals surface area contributed by atoms with E-state index in [0.29, 0.717) is 22.0 Å². The molecule has 4 aromatic rings. The van der Waals surface area contributed by atoms with E-state index in [2.05, 4.69) is 16.7 Å². The third kappa shape index (κ3) is 7.00. The predicted octanol–water partition coefficient (Wildman–Crippen LogP) is 6.73. The molecular weight excluding hydrogens is 502 g/mol. The highest BCUT2D eigenvalue weighted by Crippen LogP contribution is 2.36. The number of nitrogens with zero attached hydrogens (tertiary/aromatic N) is 1. The minimum Gasteiger partial charge on any atom is -0.484 e. The average Bonchev–Trinajstić information content (AvgIpc) is 3.31. The first kappa shape index (κ1) is 26.0. The molecule has 186 valence electrons. The lowest BCUT2D eigenvalue weighted by molar-refractivity contribution is -0.118. The van der Waals surface area contributed by atoms with E-state index >= 15 is 0 Å². The third-order valence-corrected chi connectivity index (χ3v) is 7.40. The molecule has 0 spiro atoms. The first-order valence-electron chi connectivity index (χ1n) is 11.6. The van der Waals surface area contributed by atoms with Crippen molar-refractivity contribution in [2.24, 2.45) is 0 Å². The lowest BCUT2D eigenvalue weighted by Crippen LogP contribution is -2.22. The van der Waals surface area contributed by atoms with Crippen LogP contribution in [0.4, 0.5) is 10.7 Å². The van der Waals surface area contributed by atoms with E-state index in [4.69, 9.17) is 4.74 Å². The molecule has 0 aliphatic carbocycles. The highest BCUT2D eigenvalue weighted by atomic mass is 32.2. The summed E-state index contributed by atoms with van der Waals surface area (Å²) in [4.78, 5) is 26.0. The lowest BCUT2D eigenvalue weighted by atomic mass is 10.0. The molecule has 2 N–H and O–H groups in total. The summed E-state index contributed by atoms with van der Waals surface area (Å²) in [5.41, 5.74) is 3.96. The van der Waals surface area contributed by atoms with Crippen molar-refractivity contribution in [2.75, 3.05) is 17.2 Å². The maximum atomic E-state index is 12.9. The molecule has 2 amide bonds. The van der Waals surface area contributed by atoms with Gasteiger partial charge in [0.1, 0.15) is 16.8 Å². The van der Waals surface area contributed by atoms with Gasteiger partial charge in [0.2, 0.25) is 5.91 Å². The van der Waals surface area contributed by atoms with Crippen molar-refractivity contribution < 1.29 is 14.3 Å². The average molecular weight is 528 g/mol. The molecule has 1 atom stereocenters. The molecule has 0 aliphatic heterocycles. The summed E-state index contributed by atoms with van der Waals surface area (Å²) in [7, 11) is 0. The molecule has 0 saturated heterocycles. The molecule has 8 heteroatoms. The second kappa shape index (κ2) is 12.3. The SMILES string of the molecule is Cc1ccc(-c2csc(NC(=O)C(C)Sc3cccc(NC(=O)COc4ccccc4)c3)c2C#N)cc1. The number of carbonyl (C=O) groups is 2. The zero-order valence-corrected chi connectivity index (χ0v) is 22.0. The quantitative estimate of drug-likeness (QED) is 0.236. The highest BCUT2D eigenvalue weighted by Gasteiger charge is 2.20. The number of aryl methyl sites for hydroxylation is 1. The van der Waals surface area contributed by atoms with E-state index in [1.54, 1.807) is 25.1 Å². The maximum Gasteiger partial charge on any atom is 0.262 e. The van der Waals surface area contributed by atoms with Gasteiger partial charge in [-0.3, -0.25) is 9.59 Å². The monoisotopic (exact) mass is 527 g/mol. The number of hydrogen-bond donors (Lipinski definition) is 2. The molecule has 0 saturated carbocycles. The number of hydrogen-bond acceptors (Lipinski definition) is 6. The normalized spacial score (nSPS) is 11.3. The Morgan fingerprint density at radius 1 is 1.03 bits per heavy atom. The van der Waals surface area contributed by atoms with E-state index in [1.807, 2.05) is 73.0 Å². The molecular formula is C29H25N3O3S2. The molecule has 37 heavy (non-hydrogen) atoms. The van der Waals surface area contributed by atoms with Crippen molar-refractivity contribution in [3.05, 3.63) is 95.4 Å². The van der Waals surface area contributed by atoms with Crippen LogP contribution in [0.2, 0.25) is 0 Å². The van der Waals surface area contributed by atoms with E-state index < -0.39 is 5.25 Å². The third-order valence-electron chi connectivity index (χ3n) is 5.42. The molecule has 3 aromatic carbocycles. The van der Waals surface area contributed by atoms with Crippen LogP contribution in [0, 0.1) is 18.3 Å². The van der Waals surface area contributed by atoms with Gasteiger partial charge < -0.3 is 15.4 Å². The van der Waals surface area contributed by atoms with E-state index in [9.17, 15) is 14.9 Å². The van der Waals surface area contributed by atoms with Gasteiger partial charge >= 0.3 is 0 Å². The lowest BCUT2D eigenvalue weighted by Gasteiger charge is -2.13. The minimum atomic E-state index is -0.427. The zero-order valence-electron chi connectivity index (χ0n) is 20.4. The molecule has 0 aliphatic rings. The number of ether oxygens (including phenoxy) is 1. The number of amides is 2. The first-order valence-corrected chi connectivity index (χ1v) is 13.3. The molecule has 0 radical (unpaired) electrons. The number of anilines is 2. The fraction of sp³-hybridized carbons (Fsp3) is 0.138. The van der Waals surface area contributed by atoms with Gasteiger partial charge in [0, 0.05) is 21.5 Å². The fourth-order valence-corrected chi connectivity index (χ4v) is 5.34. The number of para-hydroxylation sites is 1. The number of thioether (sulfide) groups is 1. The van der Waals surface area contributed by atoms with Crippen molar-refractivity contribution in [3.63, 3.8) is 0 Å². The number of nitrogens with one attached hydrogen (secondary N) is 2. The Balaban J connectivity index is 1.35. The van der Waals surface area contributed by atoms with Crippen LogP contribution in [0.15, 0.2) is 89.1 Å². The number of thiophene rings is 1. The van der Waals surface area contributed by atoms with E-state index in [-0.39, 0.29) is 18.4 Å². The van der Waals surface area contributed by atoms with E-state index in [0.717, 1.165) is 21.6 Å². The zero-order chi connectivity index (χ0) is 26.2. The number of nitriles is 1. The fourth-order valence-electron chi connectivity index (χ4n) is 3.49. The number of benzene rings is 3. The molecule has 6 nitrogen and oxygen atoms in total. The standard InChI is InChI=1S/C29H25N3O3S2/c1-19-11-13-21(14-12-19)26-18-36-29(25(26)16-30)32-28(34)20(2)37-24-10-6-7-22(15-24)31-27(33)17-35-23-8-4-3-5-9-23/h3-15,18,20H,17H2,1-2H3,(H,31,33)(H,32,34). The van der Waals surface area contributed by atoms with E-state index in [1.165, 1.54) is 23.1 Å². The summed E-state index contributed by atoms with van der Waals surface area (Å²) in [5.74, 6) is 0.144. The number of rotatable bonds is 9. The van der Waals surface area contributed by atoms with Gasteiger partial charge in [-0.2, -0.15) is 5.26 Å². The Morgan fingerprint density at radius 2 is 1.78 bits per heavy atom. The molecule has 1 heterocycles. The second-order valence-electron chi connectivity index (χ2n) is 8.26. The second-order valence-corrected chi connectivity index (χ2v) is 10.6. The Morgan fingerprint density at radius 3 is 2.51 bits per heavy atom.